The van der Waals surface area contributed by atoms with Crippen LogP contribution in [0, 0.1) is 19.8 Å². The van der Waals surface area contributed by atoms with Gasteiger partial charge >= 0.3 is 5.97 Å². The maximum absolute atomic E-state index is 13.6. The third-order valence-corrected chi connectivity index (χ3v) is 8.40. The van der Waals surface area contributed by atoms with E-state index in [-0.39, 0.29) is 23.8 Å². The zero-order valence-electron chi connectivity index (χ0n) is 15.6. The molecule has 1 aliphatic heterocycles. The Hall–Kier alpha value is -1.60. The molecule has 0 spiro atoms. The highest BCUT2D eigenvalue weighted by atomic mass is 35.5. The van der Waals surface area contributed by atoms with E-state index in [1.807, 2.05) is 13.0 Å². The Morgan fingerprint density at radius 2 is 1.81 bits per heavy atom. The van der Waals surface area contributed by atoms with Crippen LogP contribution in [0.15, 0.2) is 23.1 Å². The van der Waals surface area contributed by atoms with Crippen molar-refractivity contribution in [3.8, 4) is 0 Å². The largest absolute Gasteiger partial charge is 0.481 e. The van der Waals surface area contributed by atoms with Crippen molar-refractivity contribution in [2.45, 2.75) is 55.6 Å². The molecule has 0 radical (unpaired) electrons. The number of hydrogen-bond acceptors (Lipinski definition) is 4. The number of amides is 1. The third-order valence-electron chi connectivity index (χ3n) is 5.77. The first kappa shape index (κ1) is 21.7. The van der Waals surface area contributed by atoms with Crippen LogP contribution >= 0.6 is 12.4 Å². The molecule has 1 heterocycles. The van der Waals surface area contributed by atoms with E-state index in [9.17, 15) is 23.1 Å². The minimum atomic E-state index is -3.87. The lowest BCUT2D eigenvalue weighted by Crippen LogP contribution is -2.52. The number of carbonyl (C=O) groups is 2. The lowest BCUT2D eigenvalue weighted by molar-refractivity contribution is -0.141. The molecule has 1 saturated carbocycles. The molecular weight excluding hydrogens is 390 g/mol. The molecule has 0 bridgehead atoms. The number of halogens is 1. The van der Waals surface area contributed by atoms with E-state index in [1.165, 1.54) is 4.90 Å². The molecule has 1 N–H and O–H groups in total. The fourth-order valence-corrected chi connectivity index (χ4v) is 6.62. The number of hydrogen-bond donors (Lipinski definition) is 1. The van der Waals surface area contributed by atoms with Gasteiger partial charge in [-0.1, -0.05) is 25.0 Å². The summed E-state index contributed by atoms with van der Waals surface area (Å²) in [5, 5.41) is 9.19. The van der Waals surface area contributed by atoms with E-state index in [0.717, 1.165) is 5.56 Å². The van der Waals surface area contributed by atoms with Gasteiger partial charge in [-0.05, 0) is 50.3 Å². The predicted octanol–water partition coefficient (Wildman–Crippen LogP) is 2.74. The number of benzene rings is 1. The predicted molar refractivity (Wildman–Crippen MR) is 104 cm³/mol. The minimum Gasteiger partial charge on any atom is -0.481 e. The normalized spacial score (nSPS) is 21.7. The lowest BCUT2D eigenvalue weighted by atomic mass is 10.1. The number of rotatable bonds is 4. The van der Waals surface area contributed by atoms with Crippen LogP contribution in [0.4, 0.5) is 0 Å². The average Bonchev–Trinajstić information content (AvgIpc) is 3.26. The van der Waals surface area contributed by atoms with Crippen molar-refractivity contribution < 1.29 is 23.1 Å². The van der Waals surface area contributed by atoms with Crippen LogP contribution in [-0.4, -0.2) is 48.1 Å². The maximum Gasteiger partial charge on any atom is 0.308 e. The first-order valence-electron chi connectivity index (χ1n) is 9.03. The topological polar surface area (TPSA) is 91.8 Å². The molecule has 1 aliphatic carbocycles. The van der Waals surface area contributed by atoms with Gasteiger partial charge < -0.3 is 10.0 Å². The Balaban J connectivity index is 0.00000261. The summed E-state index contributed by atoms with van der Waals surface area (Å²) in [5.41, 5.74) is 1.47. The van der Waals surface area contributed by atoms with Crippen molar-refractivity contribution >= 4 is 34.1 Å². The molecule has 1 atom stereocenters. The van der Waals surface area contributed by atoms with Crippen LogP contribution in [0.3, 0.4) is 0 Å². The van der Waals surface area contributed by atoms with Crippen LogP contribution in [0.2, 0.25) is 0 Å². The van der Waals surface area contributed by atoms with E-state index >= 15 is 0 Å². The third kappa shape index (κ3) is 3.59. The van der Waals surface area contributed by atoms with E-state index in [4.69, 9.17) is 0 Å². The van der Waals surface area contributed by atoms with Gasteiger partial charge in [-0.15, -0.1) is 12.4 Å². The Morgan fingerprint density at radius 3 is 2.37 bits per heavy atom. The number of carboxylic acids is 1. The minimum absolute atomic E-state index is 0. The summed E-state index contributed by atoms with van der Waals surface area (Å²) in [7, 11) is -3.87. The Kier molecular flexibility index (Phi) is 6.26. The standard InChI is InChI=1S/C19H25NO5S.ClH/c1-13-5-6-14(2)16(11-13)26(24,25)19(8-3-4-9-19)18(23)20-10-7-15(12-20)17(21)22;/h5-6,11,15H,3-4,7-10,12H2,1-2H3,(H,21,22);1H. The van der Waals surface area contributed by atoms with Gasteiger partial charge in [0.25, 0.3) is 0 Å². The van der Waals surface area contributed by atoms with Gasteiger partial charge in [0.15, 0.2) is 14.6 Å². The van der Waals surface area contributed by atoms with E-state index in [1.54, 1.807) is 19.1 Å². The lowest BCUT2D eigenvalue weighted by Gasteiger charge is -2.32. The zero-order chi connectivity index (χ0) is 19.1. The molecule has 2 aliphatic rings. The summed E-state index contributed by atoms with van der Waals surface area (Å²) in [5.74, 6) is -1.96. The van der Waals surface area contributed by atoms with Crippen LogP contribution in [0.1, 0.15) is 43.2 Å². The number of aryl methyl sites for hydroxylation is 2. The van der Waals surface area contributed by atoms with Crippen molar-refractivity contribution in [1.29, 1.82) is 0 Å². The molecule has 1 saturated heterocycles. The van der Waals surface area contributed by atoms with E-state index < -0.39 is 32.4 Å². The summed E-state index contributed by atoms with van der Waals surface area (Å²) >= 11 is 0. The molecule has 6 nitrogen and oxygen atoms in total. The highest BCUT2D eigenvalue weighted by Gasteiger charge is 2.55. The second-order valence-corrected chi connectivity index (χ2v) is 9.78. The summed E-state index contributed by atoms with van der Waals surface area (Å²) in [4.78, 5) is 26.2. The van der Waals surface area contributed by atoms with Gasteiger partial charge in [0.1, 0.15) is 0 Å². The average molecular weight is 416 g/mol. The Morgan fingerprint density at radius 1 is 1.19 bits per heavy atom. The van der Waals surface area contributed by atoms with Crippen LogP contribution in [0.5, 0.6) is 0 Å². The maximum atomic E-state index is 13.6. The fraction of sp³-hybridized carbons (Fsp3) is 0.579. The number of carbonyl (C=O) groups excluding carboxylic acids is 1. The summed E-state index contributed by atoms with van der Waals surface area (Å²) in [6.07, 6.45) is 2.35. The summed E-state index contributed by atoms with van der Waals surface area (Å²) in [6, 6.07) is 5.27. The number of sulfone groups is 1. The van der Waals surface area contributed by atoms with Crippen molar-refractivity contribution in [1.82, 2.24) is 4.90 Å². The molecule has 1 unspecified atom stereocenters. The summed E-state index contributed by atoms with van der Waals surface area (Å²) < 4.78 is 25.7. The number of carboxylic acid groups (broad SMARTS) is 1. The molecular formula is C19H26ClNO5S. The molecule has 1 amide bonds. The number of aliphatic carboxylic acids is 1. The number of likely N-dealkylation sites (tertiary alicyclic amines) is 1. The molecule has 1 aromatic rings. The van der Waals surface area contributed by atoms with Crippen LogP contribution in [-0.2, 0) is 19.4 Å². The second-order valence-electron chi connectivity index (χ2n) is 7.55. The van der Waals surface area contributed by atoms with Gasteiger partial charge in [0.2, 0.25) is 5.91 Å². The Bertz CT molecular complexity index is 846. The summed E-state index contributed by atoms with van der Waals surface area (Å²) in [6.45, 7) is 3.98. The molecule has 3 rings (SSSR count). The Labute approximate surface area is 166 Å². The molecule has 8 heteroatoms. The monoisotopic (exact) mass is 415 g/mol. The van der Waals surface area contributed by atoms with Gasteiger partial charge in [0.05, 0.1) is 10.8 Å². The SMILES string of the molecule is Cc1ccc(C)c(S(=O)(=O)C2(C(=O)N3CCC(C(=O)O)C3)CCCC2)c1.Cl. The number of nitrogens with zero attached hydrogens (tertiary/aromatic N) is 1. The first-order chi connectivity index (χ1) is 12.2. The second kappa shape index (κ2) is 7.80. The van der Waals surface area contributed by atoms with Crippen molar-refractivity contribution in [2.24, 2.45) is 5.92 Å². The quantitative estimate of drug-likeness (QED) is 0.816. The molecule has 150 valence electrons. The van der Waals surface area contributed by atoms with E-state index in [0.29, 0.717) is 44.2 Å². The fourth-order valence-electron chi connectivity index (χ4n) is 4.19. The van der Waals surface area contributed by atoms with Gasteiger partial charge in [-0.25, -0.2) is 8.42 Å². The first-order valence-corrected chi connectivity index (χ1v) is 10.5. The molecule has 2 fully saturated rings. The van der Waals surface area contributed by atoms with E-state index in [2.05, 4.69) is 0 Å². The zero-order valence-corrected chi connectivity index (χ0v) is 17.2. The van der Waals surface area contributed by atoms with Gasteiger partial charge in [-0.3, -0.25) is 9.59 Å². The molecule has 1 aromatic carbocycles. The van der Waals surface area contributed by atoms with Crippen LogP contribution < -0.4 is 0 Å². The van der Waals surface area contributed by atoms with Gasteiger partial charge in [0, 0.05) is 13.1 Å². The highest BCUT2D eigenvalue weighted by molar-refractivity contribution is 7.93. The molecule has 0 aromatic heterocycles. The van der Waals surface area contributed by atoms with Gasteiger partial charge in [-0.2, -0.15) is 0 Å². The van der Waals surface area contributed by atoms with Crippen molar-refractivity contribution in [3.05, 3.63) is 29.3 Å². The van der Waals surface area contributed by atoms with Crippen molar-refractivity contribution in [3.63, 3.8) is 0 Å². The smallest absolute Gasteiger partial charge is 0.308 e. The van der Waals surface area contributed by atoms with Crippen LogP contribution in [0.25, 0.3) is 0 Å². The highest BCUT2D eigenvalue weighted by Crippen LogP contribution is 2.43. The van der Waals surface area contributed by atoms with Crippen molar-refractivity contribution in [2.75, 3.05) is 13.1 Å². The molecule has 27 heavy (non-hydrogen) atoms.